The van der Waals surface area contributed by atoms with Crippen molar-refractivity contribution < 1.29 is 9.84 Å². The van der Waals surface area contributed by atoms with E-state index in [1.807, 2.05) is 6.92 Å². The highest BCUT2D eigenvalue weighted by molar-refractivity contribution is 4.99. The van der Waals surface area contributed by atoms with Crippen LogP contribution in [0.3, 0.4) is 0 Å². The lowest BCUT2D eigenvalue weighted by Gasteiger charge is -2.55. The van der Waals surface area contributed by atoms with Crippen molar-refractivity contribution in [3.63, 3.8) is 0 Å². The van der Waals surface area contributed by atoms with Crippen molar-refractivity contribution in [1.29, 1.82) is 0 Å². The number of rotatable bonds is 2. The summed E-state index contributed by atoms with van der Waals surface area (Å²) in [5.74, 6) is 1.40. The van der Waals surface area contributed by atoms with Gasteiger partial charge in [0.1, 0.15) is 0 Å². The van der Waals surface area contributed by atoms with Crippen LogP contribution in [0, 0.1) is 23.2 Å². The van der Waals surface area contributed by atoms with Gasteiger partial charge in [0.2, 0.25) is 0 Å². The second-order valence-corrected chi connectivity index (χ2v) is 6.63. The first-order valence-corrected chi connectivity index (χ1v) is 7.27. The Balaban J connectivity index is 2.12. The average molecular weight is 240 g/mol. The van der Waals surface area contributed by atoms with Crippen LogP contribution in [0.1, 0.15) is 59.8 Å². The quantitative estimate of drug-likeness (QED) is 0.748. The zero-order valence-electron chi connectivity index (χ0n) is 11.8. The molecule has 1 N–H and O–H groups in total. The molecule has 2 aliphatic carbocycles. The van der Waals surface area contributed by atoms with Gasteiger partial charge in [-0.05, 0) is 42.9 Å². The Morgan fingerprint density at radius 2 is 1.94 bits per heavy atom. The van der Waals surface area contributed by atoms with Gasteiger partial charge < -0.3 is 9.84 Å². The molecule has 0 radical (unpaired) electrons. The molecule has 0 aromatic rings. The van der Waals surface area contributed by atoms with Crippen LogP contribution in [0.5, 0.6) is 0 Å². The first kappa shape index (κ1) is 13.4. The molecule has 2 nitrogen and oxygen atoms in total. The summed E-state index contributed by atoms with van der Waals surface area (Å²) in [6, 6.07) is 0. The van der Waals surface area contributed by atoms with E-state index in [1.165, 1.54) is 12.8 Å². The first-order valence-electron chi connectivity index (χ1n) is 7.27. The number of hydrogen-bond acceptors (Lipinski definition) is 2. The molecule has 0 bridgehead atoms. The Kier molecular flexibility index (Phi) is 3.57. The molecule has 2 fully saturated rings. The van der Waals surface area contributed by atoms with Crippen molar-refractivity contribution in [1.82, 2.24) is 0 Å². The fourth-order valence-electron chi connectivity index (χ4n) is 4.18. The Labute approximate surface area is 106 Å². The van der Waals surface area contributed by atoms with E-state index in [0.29, 0.717) is 17.9 Å². The summed E-state index contributed by atoms with van der Waals surface area (Å²) in [7, 11) is 0. The SMILES string of the molecule is CCOC1(O)CCC2(C)C(CCC(C)C2C)C1. The zero-order chi connectivity index (χ0) is 12.7. The highest BCUT2D eigenvalue weighted by Crippen LogP contribution is 2.57. The molecule has 2 rings (SSSR count). The highest BCUT2D eigenvalue weighted by atomic mass is 16.6. The molecule has 2 aliphatic rings. The van der Waals surface area contributed by atoms with Crippen LogP contribution < -0.4 is 0 Å². The molecule has 100 valence electrons. The first-order chi connectivity index (χ1) is 7.91. The van der Waals surface area contributed by atoms with Crippen LogP contribution in [0.25, 0.3) is 0 Å². The molecular formula is C15H28O2. The minimum atomic E-state index is -0.834. The highest BCUT2D eigenvalue weighted by Gasteiger charge is 2.51. The molecule has 2 saturated carbocycles. The fourth-order valence-corrected chi connectivity index (χ4v) is 4.18. The van der Waals surface area contributed by atoms with Gasteiger partial charge in [0, 0.05) is 19.4 Å². The fraction of sp³-hybridized carbons (Fsp3) is 1.00. The van der Waals surface area contributed by atoms with Gasteiger partial charge in [0.05, 0.1) is 0 Å². The van der Waals surface area contributed by atoms with E-state index in [-0.39, 0.29) is 0 Å². The van der Waals surface area contributed by atoms with Crippen molar-refractivity contribution in [2.45, 2.75) is 65.6 Å². The maximum absolute atomic E-state index is 10.5. The van der Waals surface area contributed by atoms with Crippen LogP contribution in [-0.2, 0) is 4.74 Å². The van der Waals surface area contributed by atoms with Crippen LogP contribution in [0.4, 0.5) is 0 Å². The second-order valence-electron chi connectivity index (χ2n) is 6.63. The number of fused-ring (bicyclic) bond motifs is 1. The maximum Gasteiger partial charge on any atom is 0.165 e. The van der Waals surface area contributed by atoms with Gasteiger partial charge in [0.25, 0.3) is 0 Å². The molecule has 17 heavy (non-hydrogen) atoms. The summed E-state index contributed by atoms with van der Waals surface area (Å²) < 4.78 is 5.58. The van der Waals surface area contributed by atoms with Crippen molar-refractivity contribution in [2.24, 2.45) is 23.2 Å². The Morgan fingerprint density at radius 1 is 1.24 bits per heavy atom. The van der Waals surface area contributed by atoms with E-state index >= 15 is 0 Å². The van der Waals surface area contributed by atoms with Gasteiger partial charge >= 0.3 is 0 Å². The lowest BCUT2D eigenvalue weighted by atomic mass is 9.52. The molecular weight excluding hydrogens is 212 g/mol. The number of aliphatic hydroxyl groups is 1. The largest absolute Gasteiger partial charge is 0.365 e. The van der Waals surface area contributed by atoms with Gasteiger partial charge in [0.15, 0.2) is 5.79 Å². The lowest BCUT2D eigenvalue weighted by molar-refractivity contribution is -0.251. The molecule has 0 aromatic carbocycles. The third kappa shape index (κ3) is 2.26. The third-order valence-corrected chi connectivity index (χ3v) is 5.83. The van der Waals surface area contributed by atoms with E-state index in [1.54, 1.807) is 0 Å². The smallest absolute Gasteiger partial charge is 0.165 e. The Morgan fingerprint density at radius 3 is 2.59 bits per heavy atom. The normalized spacial score (nSPS) is 51.0. The summed E-state index contributed by atoms with van der Waals surface area (Å²) in [4.78, 5) is 0. The summed E-state index contributed by atoms with van der Waals surface area (Å²) in [6.45, 7) is 9.81. The summed E-state index contributed by atoms with van der Waals surface area (Å²) in [5, 5.41) is 10.5. The summed E-state index contributed by atoms with van der Waals surface area (Å²) in [5.41, 5.74) is 0.418. The standard InChI is InChI=1S/C15H28O2/c1-5-17-15(16)9-8-14(4)12(3)11(2)6-7-13(14)10-15/h11-13,16H,5-10H2,1-4H3. The Bertz CT molecular complexity index is 278. The molecule has 0 amide bonds. The Hall–Kier alpha value is -0.0800. The molecule has 0 aromatic heterocycles. The van der Waals surface area contributed by atoms with Gasteiger partial charge in [-0.2, -0.15) is 0 Å². The second kappa shape index (κ2) is 4.55. The van der Waals surface area contributed by atoms with Crippen LogP contribution >= 0.6 is 0 Å². The third-order valence-electron chi connectivity index (χ3n) is 5.83. The van der Waals surface area contributed by atoms with Crippen molar-refractivity contribution in [2.75, 3.05) is 6.61 Å². The van der Waals surface area contributed by atoms with Gasteiger partial charge in [-0.1, -0.05) is 27.2 Å². The molecule has 5 unspecified atom stereocenters. The molecule has 0 aliphatic heterocycles. The number of ether oxygens (including phenoxy) is 1. The summed E-state index contributed by atoms with van der Waals surface area (Å²) >= 11 is 0. The van der Waals surface area contributed by atoms with Crippen LogP contribution in [0.2, 0.25) is 0 Å². The van der Waals surface area contributed by atoms with Crippen LogP contribution in [0.15, 0.2) is 0 Å². The maximum atomic E-state index is 10.5. The monoisotopic (exact) mass is 240 g/mol. The van der Waals surface area contributed by atoms with Gasteiger partial charge in [-0.25, -0.2) is 0 Å². The topological polar surface area (TPSA) is 29.5 Å². The van der Waals surface area contributed by atoms with Crippen LogP contribution in [-0.4, -0.2) is 17.5 Å². The molecule has 5 atom stereocenters. The van der Waals surface area contributed by atoms with Gasteiger partial charge in [-0.3, -0.25) is 0 Å². The van der Waals surface area contributed by atoms with E-state index < -0.39 is 5.79 Å². The number of hydrogen-bond donors (Lipinski definition) is 1. The van der Waals surface area contributed by atoms with Crippen molar-refractivity contribution in [3.8, 4) is 0 Å². The predicted octanol–water partition coefficient (Wildman–Crippen LogP) is 3.58. The molecule has 0 heterocycles. The van der Waals surface area contributed by atoms with Gasteiger partial charge in [-0.15, -0.1) is 0 Å². The van der Waals surface area contributed by atoms with E-state index in [0.717, 1.165) is 31.1 Å². The zero-order valence-corrected chi connectivity index (χ0v) is 11.8. The molecule has 0 saturated heterocycles. The van der Waals surface area contributed by atoms with Crippen molar-refractivity contribution in [3.05, 3.63) is 0 Å². The van der Waals surface area contributed by atoms with E-state index in [2.05, 4.69) is 20.8 Å². The minimum absolute atomic E-state index is 0.418. The predicted molar refractivity (Wildman–Crippen MR) is 69.6 cm³/mol. The molecule has 0 spiro atoms. The van der Waals surface area contributed by atoms with E-state index in [9.17, 15) is 5.11 Å². The lowest BCUT2D eigenvalue weighted by Crippen LogP contribution is -2.51. The van der Waals surface area contributed by atoms with E-state index in [4.69, 9.17) is 4.74 Å². The van der Waals surface area contributed by atoms with Crippen molar-refractivity contribution >= 4 is 0 Å². The average Bonchev–Trinajstić information content (AvgIpc) is 2.28. The molecule has 2 heteroatoms. The summed E-state index contributed by atoms with van der Waals surface area (Å²) in [6.07, 6.45) is 5.33. The minimum Gasteiger partial charge on any atom is -0.365 e.